The summed E-state index contributed by atoms with van der Waals surface area (Å²) in [7, 11) is 0. The van der Waals surface area contributed by atoms with Gasteiger partial charge in [-0.05, 0) is 31.9 Å². The van der Waals surface area contributed by atoms with Crippen LogP contribution in [0, 0.1) is 6.92 Å². The molecule has 1 unspecified atom stereocenters. The summed E-state index contributed by atoms with van der Waals surface area (Å²) in [5.41, 5.74) is 3.09. The zero-order valence-corrected chi connectivity index (χ0v) is 13.8. The highest BCUT2D eigenvalue weighted by atomic mass is 16.3. The molecule has 0 saturated carbocycles. The van der Waals surface area contributed by atoms with Crippen LogP contribution >= 0.6 is 0 Å². The fraction of sp³-hybridized carbons (Fsp3) is 0.389. The van der Waals surface area contributed by atoms with Gasteiger partial charge in [-0.1, -0.05) is 12.1 Å². The van der Waals surface area contributed by atoms with Crippen molar-refractivity contribution in [3.05, 3.63) is 48.2 Å². The summed E-state index contributed by atoms with van der Waals surface area (Å²) in [4.78, 5) is 15.6. The first kappa shape index (κ1) is 15.1. The first-order valence-corrected chi connectivity index (χ1v) is 8.36. The smallest absolute Gasteiger partial charge is 0.156 e. The molecule has 0 radical (unpaired) electrons. The number of para-hydroxylation sites is 2. The highest BCUT2D eigenvalue weighted by molar-refractivity contribution is 5.74. The van der Waals surface area contributed by atoms with Crippen molar-refractivity contribution in [3.8, 4) is 0 Å². The molecule has 1 aliphatic heterocycles. The van der Waals surface area contributed by atoms with E-state index in [1.54, 1.807) is 0 Å². The minimum atomic E-state index is -0.126. The molecule has 3 heterocycles. The predicted molar refractivity (Wildman–Crippen MR) is 92.8 cm³/mol. The predicted octanol–water partition coefficient (Wildman–Crippen LogP) is 2.30. The van der Waals surface area contributed by atoms with E-state index in [4.69, 9.17) is 0 Å². The number of anilines is 1. The van der Waals surface area contributed by atoms with E-state index in [-0.39, 0.29) is 6.61 Å². The number of aliphatic hydroxyl groups is 1. The zero-order valence-electron chi connectivity index (χ0n) is 13.8. The van der Waals surface area contributed by atoms with E-state index < -0.39 is 0 Å². The number of fused-ring (bicyclic) bond motifs is 1. The molecule has 4 rings (SSSR count). The van der Waals surface area contributed by atoms with Gasteiger partial charge in [0.25, 0.3) is 0 Å². The summed E-state index contributed by atoms with van der Waals surface area (Å²) in [5.74, 6) is 1.40. The molecule has 6 heteroatoms. The van der Waals surface area contributed by atoms with Crippen LogP contribution in [0.4, 0.5) is 5.82 Å². The van der Waals surface area contributed by atoms with Crippen LogP contribution in [0.3, 0.4) is 0 Å². The molecule has 2 aromatic heterocycles. The lowest BCUT2D eigenvalue weighted by atomic mass is 10.2. The van der Waals surface area contributed by atoms with E-state index in [9.17, 15) is 5.11 Å². The van der Waals surface area contributed by atoms with E-state index in [1.165, 1.54) is 5.52 Å². The van der Waals surface area contributed by atoms with Gasteiger partial charge in [-0.25, -0.2) is 15.0 Å². The number of aryl methyl sites for hydroxylation is 1. The van der Waals surface area contributed by atoms with Crippen molar-refractivity contribution < 1.29 is 5.11 Å². The van der Waals surface area contributed by atoms with Gasteiger partial charge >= 0.3 is 0 Å². The highest BCUT2D eigenvalue weighted by Gasteiger charge is 2.27. The van der Waals surface area contributed by atoms with E-state index in [0.717, 1.165) is 43.0 Å². The third-order valence-corrected chi connectivity index (χ3v) is 4.63. The summed E-state index contributed by atoms with van der Waals surface area (Å²) < 4.78 is 2.22. The molecule has 3 aromatic rings. The van der Waals surface area contributed by atoms with Crippen molar-refractivity contribution >= 4 is 16.9 Å². The fourth-order valence-corrected chi connectivity index (χ4v) is 3.54. The van der Waals surface area contributed by atoms with Gasteiger partial charge in [-0.2, -0.15) is 0 Å². The summed E-state index contributed by atoms with van der Waals surface area (Å²) in [6.07, 6.45) is 4.20. The van der Waals surface area contributed by atoms with Crippen LogP contribution < -0.4 is 4.90 Å². The Morgan fingerprint density at radius 1 is 1.25 bits per heavy atom. The SMILES string of the molecule is Cc1cc(N2CCCC2Cn2cnc3ccccc32)nc(CO)n1. The fourth-order valence-electron chi connectivity index (χ4n) is 3.54. The Morgan fingerprint density at radius 3 is 3.00 bits per heavy atom. The molecule has 124 valence electrons. The Labute approximate surface area is 140 Å². The van der Waals surface area contributed by atoms with Crippen molar-refractivity contribution in [2.45, 2.75) is 39.0 Å². The first-order valence-electron chi connectivity index (χ1n) is 8.36. The van der Waals surface area contributed by atoms with Gasteiger partial charge in [-0.15, -0.1) is 0 Å². The molecule has 1 N–H and O–H groups in total. The monoisotopic (exact) mass is 323 g/mol. The average molecular weight is 323 g/mol. The van der Waals surface area contributed by atoms with Gasteiger partial charge < -0.3 is 14.6 Å². The number of aromatic nitrogens is 4. The number of imidazole rings is 1. The molecular weight excluding hydrogens is 302 g/mol. The molecule has 1 aromatic carbocycles. The molecule has 1 saturated heterocycles. The maximum atomic E-state index is 9.37. The normalized spacial score (nSPS) is 17.8. The maximum absolute atomic E-state index is 9.37. The largest absolute Gasteiger partial charge is 0.388 e. The third kappa shape index (κ3) is 2.73. The molecule has 0 amide bonds. The summed E-state index contributed by atoms with van der Waals surface area (Å²) in [5, 5.41) is 9.37. The van der Waals surface area contributed by atoms with Gasteiger partial charge in [0, 0.05) is 30.9 Å². The van der Waals surface area contributed by atoms with Crippen molar-refractivity contribution in [2.24, 2.45) is 0 Å². The minimum Gasteiger partial charge on any atom is -0.388 e. The Hall–Kier alpha value is -2.47. The Morgan fingerprint density at radius 2 is 2.12 bits per heavy atom. The van der Waals surface area contributed by atoms with Crippen LogP contribution in [-0.4, -0.2) is 37.2 Å². The lowest BCUT2D eigenvalue weighted by molar-refractivity contribution is 0.271. The quantitative estimate of drug-likeness (QED) is 0.798. The second-order valence-corrected chi connectivity index (χ2v) is 6.32. The van der Waals surface area contributed by atoms with Crippen LogP contribution in [0.25, 0.3) is 11.0 Å². The van der Waals surface area contributed by atoms with Crippen molar-refractivity contribution in [2.75, 3.05) is 11.4 Å². The number of benzene rings is 1. The van der Waals surface area contributed by atoms with E-state index >= 15 is 0 Å². The number of rotatable bonds is 4. The number of nitrogens with zero attached hydrogens (tertiary/aromatic N) is 5. The van der Waals surface area contributed by atoms with Crippen LogP contribution in [-0.2, 0) is 13.2 Å². The number of aliphatic hydroxyl groups excluding tert-OH is 1. The van der Waals surface area contributed by atoms with Gasteiger partial charge in [0.2, 0.25) is 0 Å². The molecule has 0 spiro atoms. The number of hydrogen-bond acceptors (Lipinski definition) is 5. The Bertz CT molecular complexity index is 859. The lowest BCUT2D eigenvalue weighted by Crippen LogP contribution is -2.33. The molecule has 1 fully saturated rings. The van der Waals surface area contributed by atoms with Crippen LogP contribution in [0.15, 0.2) is 36.7 Å². The second-order valence-electron chi connectivity index (χ2n) is 6.32. The molecule has 24 heavy (non-hydrogen) atoms. The average Bonchev–Trinajstić information content (AvgIpc) is 3.22. The molecule has 0 aliphatic carbocycles. The van der Waals surface area contributed by atoms with E-state index in [0.29, 0.717) is 11.9 Å². The standard InChI is InChI=1S/C18H21N5O/c1-13-9-18(21-17(11-24)20-13)23-8-4-5-14(23)10-22-12-19-15-6-2-3-7-16(15)22/h2-3,6-7,9,12,14,24H,4-5,8,10-11H2,1H3. The van der Waals surface area contributed by atoms with Crippen molar-refractivity contribution in [1.29, 1.82) is 0 Å². The maximum Gasteiger partial charge on any atom is 0.156 e. The Kier molecular flexibility index (Phi) is 3.90. The first-order chi connectivity index (χ1) is 11.7. The summed E-state index contributed by atoms with van der Waals surface area (Å²) in [6, 6.07) is 10.6. The lowest BCUT2D eigenvalue weighted by Gasteiger charge is -2.26. The summed E-state index contributed by atoms with van der Waals surface area (Å²) >= 11 is 0. The summed E-state index contributed by atoms with van der Waals surface area (Å²) in [6.45, 7) is 3.69. The molecule has 1 aliphatic rings. The van der Waals surface area contributed by atoms with Gasteiger partial charge in [0.1, 0.15) is 12.4 Å². The van der Waals surface area contributed by atoms with Crippen LogP contribution in [0.1, 0.15) is 24.4 Å². The third-order valence-electron chi connectivity index (χ3n) is 4.63. The number of hydrogen-bond donors (Lipinski definition) is 1. The van der Waals surface area contributed by atoms with E-state index in [1.807, 2.05) is 37.5 Å². The van der Waals surface area contributed by atoms with Crippen molar-refractivity contribution in [3.63, 3.8) is 0 Å². The molecule has 1 atom stereocenters. The minimum absolute atomic E-state index is 0.126. The Balaban J connectivity index is 1.62. The highest BCUT2D eigenvalue weighted by Crippen LogP contribution is 2.26. The van der Waals surface area contributed by atoms with Crippen LogP contribution in [0.2, 0.25) is 0 Å². The van der Waals surface area contributed by atoms with Gasteiger partial charge in [0.15, 0.2) is 5.82 Å². The molecule has 6 nitrogen and oxygen atoms in total. The van der Waals surface area contributed by atoms with Crippen LogP contribution in [0.5, 0.6) is 0 Å². The topological polar surface area (TPSA) is 67.1 Å². The molecular formula is C18H21N5O. The van der Waals surface area contributed by atoms with E-state index in [2.05, 4.69) is 30.5 Å². The second kappa shape index (κ2) is 6.20. The van der Waals surface area contributed by atoms with Gasteiger partial charge in [-0.3, -0.25) is 0 Å². The molecule has 0 bridgehead atoms. The van der Waals surface area contributed by atoms with Crippen molar-refractivity contribution in [1.82, 2.24) is 19.5 Å². The van der Waals surface area contributed by atoms with Gasteiger partial charge in [0.05, 0.1) is 17.4 Å². The zero-order chi connectivity index (χ0) is 16.5.